The van der Waals surface area contributed by atoms with Gasteiger partial charge in [0.1, 0.15) is 17.4 Å². The Balaban J connectivity index is 2.07. The van der Waals surface area contributed by atoms with Gasteiger partial charge in [0, 0.05) is 11.5 Å². The average Bonchev–Trinajstić information content (AvgIpc) is 2.88. The highest BCUT2D eigenvalue weighted by Crippen LogP contribution is 2.51. The molecule has 3 rings (SSSR count). The summed E-state index contributed by atoms with van der Waals surface area (Å²) in [7, 11) is 1.40. The van der Waals surface area contributed by atoms with E-state index in [4.69, 9.17) is 9.47 Å². The normalized spacial score (nSPS) is 29.4. The Hall–Kier alpha value is -1.51. The molecule has 1 aromatic carbocycles. The summed E-state index contributed by atoms with van der Waals surface area (Å²) in [5.74, 6) is 1.53. The molecule has 0 N–H and O–H groups in total. The minimum Gasteiger partial charge on any atom is -0.489 e. The fourth-order valence-corrected chi connectivity index (χ4v) is 3.16. The van der Waals surface area contributed by atoms with Gasteiger partial charge in [-0.15, -0.1) is 0 Å². The maximum absolute atomic E-state index is 11.7. The van der Waals surface area contributed by atoms with E-state index in [0.717, 1.165) is 12.2 Å². The van der Waals surface area contributed by atoms with Crippen LogP contribution < -0.4 is 4.74 Å². The molecule has 0 spiro atoms. The number of hydrogen-bond donors (Lipinski definition) is 0. The summed E-state index contributed by atoms with van der Waals surface area (Å²) in [6, 6.07) is 5.77. The Morgan fingerprint density at radius 2 is 2.24 bits per heavy atom. The van der Waals surface area contributed by atoms with Crippen LogP contribution >= 0.6 is 0 Å². The minimum absolute atomic E-state index is 0.255. The zero-order valence-corrected chi connectivity index (χ0v) is 10.1. The van der Waals surface area contributed by atoms with Crippen LogP contribution in [-0.2, 0) is 4.74 Å². The third-order valence-electron chi connectivity index (χ3n) is 4.00. The SMILES string of the molecule is COC(=O)c1cccc2c1OC1CC[C@H](C)C21. The molecule has 0 amide bonds. The molecular weight excluding hydrogens is 216 g/mol. The van der Waals surface area contributed by atoms with Gasteiger partial charge in [-0.25, -0.2) is 4.79 Å². The van der Waals surface area contributed by atoms with Gasteiger partial charge in [-0.1, -0.05) is 19.1 Å². The Morgan fingerprint density at radius 3 is 3.00 bits per heavy atom. The monoisotopic (exact) mass is 232 g/mol. The van der Waals surface area contributed by atoms with E-state index < -0.39 is 0 Å². The van der Waals surface area contributed by atoms with Crippen LogP contribution in [-0.4, -0.2) is 19.2 Å². The molecular formula is C14H16O3. The highest BCUT2D eigenvalue weighted by molar-refractivity contribution is 5.93. The minimum atomic E-state index is -0.311. The summed E-state index contributed by atoms with van der Waals surface area (Å²) in [6.45, 7) is 2.26. The van der Waals surface area contributed by atoms with Crippen LogP contribution in [0.25, 0.3) is 0 Å². The lowest BCUT2D eigenvalue weighted by atomic mass is 9.89. The number of fused-ring (bicyclic) bond motifs is 3. The number of carbonyl (C=O) groups excluding carboxylic acids is 1. The molecule has 2 aliphatic rings. The van der Waals surface area contributed by atoms with Gasteiger partial charge in [-0.05, 0) is 24.8 Å². The van der Waals surface area contributed by atoms with Crippen molar-refractivity contribution >= 4 is 5.97 Å². The van der Waals surface area contributed by atoms with Crippen LogP contribution in [0.5, 0.6) is 5.75 Å². The first-order valence-corrected chi connectivity index (χ1v) is 6.10. The molecule has 1 fully saturated rings. The first-order chi connectivity index (χ1) is 8.22. The van der Waals surface area contributed by atoms with E-state index in [1.54, 1.807) is 6.07 Å². The molecule has 2 unspecified atom stereocenters. The molecule has 1 heterocycles. The van der Waals surface area contributed by atoms with Crippen LogP contribution in [0, 0.1) is 5.92 Å². The molecule has 1 saturated carbocycles. The van der Waals surface area contributed by atoms with E-state index in [-0.39, 0.29) is 12.1 Å². The number of carbonyl (C=O) groups is 1. The van der Waals surface area contributed by atoms with E-state index in [0.29, 0.717) is 17.4 Å². The number of methoxy groups -OCH3 is 1. The van der Waals surface area contributed by atoms with Crippen molar-refractivity contribution in [3.63, 3.8) is 0 Å². The summed E-state index contributed by atoms with van der Waals surface area (Å²) in [5.41, 5.74) is 1.74. The van der Waals surface area contributed by atoms with Gasteiger partial charge in [-0.2, -0.15) is 0 Å². The number of ether oxygens (including phenoxy) is 2. The highest BCUT2D eigenvalue weighted by atomic mass is 16.5. The van der Waals surface area contributed by atoms with Gasteiger partial charge < -0.3 is 9.47 Å². The van der Waals surface area contributed by atoms with Gasteiger partial charge in [-0.3, -0.25) is 0 Å². The summed E-state index contributed by atoms with van der Waals surface area (Å²) in [4.78, 5) is 11.7. The smallest absolute Gasteiger partial charge is 0.341 e. The molecule has 0 bridgehead atoms. The standard InChI is InChI=1S/C14H16O3/c1-8-6-7-11-12(8)9-4-3-5-10(13(9)17-11)14(15)16-2/h3-5,8,11-12H,6-7H2,1-2H3/t8-,11?,12?/m0/s1. The fourth-order valence-electron chi connectivity index (χ4n) is 3.16. The Labute approximate surface area is 101 Å². The van der Waals surface area contributed by atoms with E-state index >= 15 is 0 Å². The maximum Gasteiger partial charge on any atom is 0.341 e. The van der Waals surface area contributed by atoms with Gasteiger partial charge in [0.25, 0.3) is 0 Å². The zero-order valence-electron chi connectivity index (χ0n) is 10.1. The van der Waals surface area contributed by atoms with Crippen molar-refractivity contribution in [2.75, 3.05) is 7.11 Å². The largest absolute Gasteiger partial charge is 0.489 e. The van der Waals surface area contributed by atoms with Crippen LogP contribution in [0.3, 0.4) is 0 Å². The van der Waals surface area contributed by atoms with E-state index in [9.17, 15) is 4.79 Å². The third-order valence-corrected chi connectivity index (χ3v) is 4.00. The van der Waals surface area contributed by atoms with Crippen molar-refractivity contribution in [1.82, 2.24) is 0 Å². The summed E-state index contributed by atoms with van der Waals surface area (Å²) in [6.07, 6.45) is 2.55. The van der Waals surface area contributed by atoms with Crippen molar-refractivity contribution in [3.8, 4) is 5.75 Å². The van der Waals surface area contributed by atoms with Gasteiger partial charge in [0.15, 0.2) is 0 Å². The lowest BCUT2D eigenvalue weighted by Crippen LogP contribution is -2.14. The maximum atomic E-state index is 11.7. The molecule has 0 aromatic heterocycles. The highest BCUT2D eigenvalue weighted by Gasteiger charge is 2.43. The molecule has 90 valence electrons. The average molecular weight is 232 g/mol. The fraction of sp³-hybridized carbons (Fsp3) is 0.500. The van der Waals surface area contributed by atoms with Crippen molar-refractivity contribution in [2.24, 2.45) is 5.92 Å². The molecule has 3 heteroatoms. The first-order valence-electron chi connectivity index (χ1n) is 6.10. The zero-order chi connectivity index (χ0) is 12.0. The number of hydrogen-bond acceptors (Lipinski definition) is 3. The number of para-hydroxylation sites is 1. The van der Waals surface area contributed by atoms with Gasteiger partial charge in [0.2, 0.25) is 0 Å². The molecule has 3 nitrogen and oxygen atoms in total. The first kappa shape index (κ1) is 10.6. The molecule has 3 atom stereocenters. The summed E-state index contributed by atoms with van der Waals surface area (Å²) >= 11 is 0. The Morgan fingerprint density at radius 1 is 1.41 bits per heavy atom. The molecule has 0 saturated heterocycles. The predicted octanol–water partition coefficient (Wildman–Crippen LogP) is 2.75. The van der Waals surface area contributed by atoms with Gasteiger partial charge in [0.05, 0.1) is 7.11 Å². The topological polar surface area (TPSA) is 35.5 Å². The number of rotatable bonds is 1. The Kier molecular flexibility index (Phi) is 2.35. The van der Waals surface area contributed by atoms with Crippen molar-refractivity contribution in [1.29, 1.82) is 0 Å². The second-order valence-electron chi connectivity index (χ2n) is 4.95. The molecule has 17 heavy (non-hydrogen) atoms. The third kappa shape index (κ3) is 1.45. The van der Waals surface area contributed by atoms with Crippen molar-refractivity contribution < 1.29 is 14.3 Å². The second kappa shape index (κ2) is 3.76. The van der Waals surface area contributed by atoms with Crippen molar-refractivity contribution in [3.05, 3.63) is 29.3 Å². The number of benzene rings is 1. The van der Waals surface area contributed by atoms with E-state index in [2.05, 4.69) is 13.0 Å². The van der Waals surface area contributed by atoms with Crippen LogP contribution in [0.1, 0.15) is 41.6 Å². The molecule has 1 aromatic rings. The lowest BCUT2D eigenvalue weighted by Gasteiger charge is -2.12. The predicted molar refractivity (Wildman–Crippen MR) is 63.3 cm³/mol. The number of esters is 1. The summed E-state index contributed by atoms with van der Waals surface area (Å²) in [5, 5.41) is 0. The second-order valence-corrected chi connectivity index (χ2v) is 4.95. The lowest BCUT2D eigenvalue weighted by molar-refractivity contribution is 0.0595. The van der Waals surface area contributed by atoms with E-state index in [1.165, 1.54) is 19.1 Å². The summed E-state index contributed by atoms with van der Waals surface area (Å²) < 4.78 is 10.7. The van der Waals surface area contributed by atoms with Crippen LogP contribution in [0.4, 0.5) is 0 Å². The Bertz CT molecular complexity index is 467. The van der Waals surface area contributed by atoms with Crippen LogP contribution in [0.2, 0.25) is 0 Å². The quantitative estimate of drug-likeness (QED) is 0.698. The van der Waals surface area contributed by atoms with Gasteiger partial charge >= 0.3 is 5.97 Å². The van der Waals surface area contributed by atoms with Crippen molar-refractivity contribution in [2.45, 2.75) is 31.8 Å². The molecule has 1 aliphatic heterocycles. The van der Waals surface area contributed by atoms with E-state index in [1.807, 2.05) is 6.07 Å². The molecule has 1 aliphatic carbocycles. The molecule has 0 radical (unpaired) electrons. The van der Waals surface area contributed by atoms with Crippen LogP contribution in [0.15, 0.2) is 18.2 Å².